The van der Waals surface area contributed by atoms with Gasteiger partial charge in [0.1, 0.15) is 0 Å². The smallest absolute Gasteiger partial charge is 0.0227 e. The van der Waals surface area contributed by atoms with Gasteiger partial charge >= 0.3 is 130 Å². The molecular weight excluding hydrogens is 2160 g/mol. The zero-order chi connectivity index (χ0) is 93.3. The molecule has 0 spiro atoms. The van der Waals surface area contributed by atoms with Crippen LogP contribution in [0.15, 0.2) is 496 Å². The first-order valence-corrected chi connectivity index (χ1v) is 48.4. The predicted molar refractivity (Wildman–Crippen MR) is 552 cm³/mol. The Morgan fingerprint density at radius 3 is 0.413 bits per heavy atom. The summed E-state index contributed by atoms with van der Waals surface area (Å²) >= 11 is 19.1. The molecule has 0 aliphatic heterocycles. The third kappa shape index (κ3) is 38.4. The van der Waals surface area contributed by atoms with Gasteiger partial charge < -0.3 is 48.0 Å². The molecule has 0 bridgehead atoms. The zero-order valence-electron chi connectivity index (χ0n) is 73.5. The summed E-state index contributed by atoms with van der Waals surface area (Å²) in [5.41, 5.74) is 25.8. The first-order valence-electron chi connectivity index (χ1n) is 41.9. The first-order chi connectivity index (χ1) is 66.4. The van der Waals surface area contributed by atoms with E-state index in [1.807, 2.05) is 443 Å². The molecule has 0 amide bonds. The van der Waals surface area contributed by atoms with Crippen molar-refractivity contribution in [2.75, 3.05) is 0 Å². The van der Waals surface area contributed by atoms with E-state index in [1.54, 1.807) is 20.5 Å². The average Bonchev–Trinajstić information content (AvgIpc) is 0.858. The average molecular weight is 2250 g/mol. The van der Waals surface area contributed by atoms with Gasteiger partial charge in [0.15, 0.2) is 0 Å². The Balaban J connectivity index is 0.000000214. The number of benzene rings is 15. The second kappa shape index (κ2) is 66.8. The van der Waals surface area contributed by atoms with Crippen molar-refractivity contribution >= 4 is 47.3 Å². The largest absolute Gasteiger partial charge is 0.780 e. The van der Waals surface area contributed by atoms with Crippen molar-refractivity contribution < 1.29 is 100 Å². The zero-order valence-corrected chi connectivity index (χ0v) is 84.0. The van der Waals surface area contributed by atoms with Gasteiger partial charge in [0.2, 0.25) is 0 Å². The molecule has 0 unspecified atom stereocenters. The number of rotatable bonds is 14. The molecule has 0 fully saturated rings. The molecule has 6 aromatic heterocycles. The van der Waals surface area contributed by atoms with Gasteiger partial charge in [0.05, 0.1) is 0 Å². The Labute approximate surface area is 890 Å². The summed E-state index contributed by atoms with van der Waals surface area (Å²) in [7, 11) is 0. The number of hydrogen-bond donors (Lipinski definition) is 0. The second-order valence-corrected chi connectivity index (χ2v) is 28.5. The second-order valence-electron chi connectivity index (χ2n) is 28.0. The van der Waals surface area contributed by atoms with Crippen LogP contribution in [-0.2, 0) is 104 Å². The molecular formula is C121H84BrFIN6Ni6OS-6. The summed E-state index contributed by atoms with van der Waals surface area (Å²) in [6.07, 6.45) is 2.17. The maximum absolute atomic E-state index is 9.12. The molecule has 2 N–H and O–H groups in total. The molecule has 138 heavy (non-hydrogen) atoms. The third-order valence-electron chi connectivity index (χ3n) is 19.0. The minimum Gasteiger partial charge on any atom is -0.780 e. The van der Waals surface area contributed by atoms with Crippen molar-refractivity contribution in [1.29, 1.82) is 0 Å². The van der Waals surface area contributed by atoms with Crippen LogP contribution in [0.1, 0.15) is 11.1 Å². The Morgan fingerprint density at radius 2 is 0.312 bits per heavy atom. The summed E-state index contributed by atoms with van der Waals surface area (Å²) < 4.78 is 9.12. The number of aromatic nitrogens is 6. The number of pyridine rings is 6. The third-order valence-corrected chi connectivity index (χ3v) is 19.3. The van der Waals surface area contributed by atoms with Crippen molar-refractivity contribution in [2.24, 2.45) is 0 Å². The van der Waals surface area contributed by atoms with Crippen LogP contribution in [0.3, 0.4) is 0 Å². The first kappa shape index (κ1) is 112. The van der Waals surface area contributed by atoms with Crippen molar-refractivity contribution in [3.8, 4) is 135 Å². The Bertz CT molecular complexity index is 5470. The fraction of sp³-hybridized carbons (Fsp3) is 0. The van der Waals surface area contributed by atoms with Crippen molar-refractivity contribution in [1.82, 2.24) is 29.9 Å². The molecule has 0 atom stereocenters. The summed E-state index contributed by atoms with van der Waals surface area (Å²) in [4.78, 5) is 28.8. The quantitative estimate of drug-likeness (QED) is 0.0462. The van der Waals surface area contributed by atoms with E-state index < -0.39 is 0 Å². The van der Waals surface area contributed by atoms with E-state index in [2.05, 4.69) is 214 Å². The van der Waals surface area contributed by atoms with E-state index in [1.165, 1.54) is 11.1 Å². The van der Waals surface area contributed by atoms with Crippen LogP contribution in [0.5, 0.6) is 0 Å². The molecule has 0 aliphatic carbocycles. The molecule has 7 nitrogen and oxygen atoms in total. The van der Waals surface area contributed by atoms with E-state index in [9.17, 15) is 0 Å². The van der Waals surface area contributed by atoms with Gasteiger partial charge in [-0.15, -0.1) is 473 Å². The van der Waals surface area contributed by atoms with Crippen LogP contribution in [0.2, 0.25) is 0 Å². The van der Waals surface area contributed by atoms with Crippen molar-refractivity contribution in [3.05, 3.63) is 582 Å². The molecule has 17 heteroatoms. The predicted octanol–water partition coefficient (Wildman–Crippen LogP) is 30.3. The van der Waals surface area contributed by atoms with E-state index in [0.29, 0.717) is 0 Å². The van der Waals surface area contributed by atoms with Crippen molar-refractivity contribution in [3.63, 3.8) is 0 Å². The fourth-order valence-corrected chi connectivity index (χ4v) is 12.9. The van der Waals surface area contributed by atoms with Crippen LogP contribution in [-0.4, -0.2) is 35.4 Å². The fourth-order valence-electron chi connectivity index (χ4n) is 12.8. The summed E-state index contributed by atoms with van der Waals surface area (Å²) in [5.74, 6) is 0. The standard InChI is InChI=1S/6C17H11N.C13H11.C6H6S.BrH.FH.HI.6Ni.H2O/c6*1-3-8-14(9-4-1)16-12-7-13-17(18-16)15-10-5-2-6-11-15;1-3-7-12(8-4-1)11-13-9-5-2-6-10-13;7-6-4-2-1-3-5-6;;;;;;;;;;/h6*1-8,10,12-13H;1-11H;1-5,7H;3*1H;;;;;;;1H2/q6*-2;-1;;;;;3*+1;+2;2*+3;/p-4. The van der Waals surface area contributed by atoms with Gasteiger partial charge in [0, 0.05) is 0 Å². The molecule has 2 radical (unpaired) electrons. The van der Waals surface area contributed by atoms with E-state index in [-0.39, 0.29) is 55.0 Å². The maximum Gasteiger partial charge on any atom is -0.0227 e. The molecule has 6 heterocycles. The molecule has 0 saturated carbocycles. The summed E-state index contributed by atoms with van der Waals surface area (Å²) in [6, 6.07) is 199. The molecule has 0 saturated heterocycles. The van der Waals surface area contributed by atoms with Crippen molar-refractivity contribution in [2.45, 2.75) is 4.90 Å². The number of nitrogens with zero attached hydrogens (tertiary/aromatic N) is 6. The van der Waals surface area contributed by atoms with Crippen LogP contribution >= 0.6 is 34.7 Å². The normalized spacial score (nSPS) is 9.49. The molecule has 21 rings (SSSR count). The topological polar surface area (TPSA) is 109 Å². The summed E-state index contributed by atoms with van der Waals surface area (Å²) in [5, 5.41) is 0. The van der Waals surface area contributed by atoms with E-state index in [0.717, 1.165) is 140 Å². The number of halogens is 3. The molecule has 697 valence electrons. The van der Waals surface area contributed by atoms with Gasteiger partial charge in [-0.1, -0.05) is 176 Å². The van der Waals surface area contributed by atoms with Gasteiger partial charge in [-0.05, 0) is 68.3 Å². The van der Waals surface area contributed by atoms with Crippen LogP contribution < -0.4 is 0 Å². The van der Waals surface area contributed by atoms with Gasteiger partial charge in [-0.25, -0.2) is 0 Å². The Hall–Kier alpha value is -12.6. The van der Waals surface area contributed by atoms with Gasteiger partial charge in [-0.3, -0.25) is 0 Å². The molecule has 15 aromatic carbocycles. The van der Waals surface area contributed by atoms with Gasteiger partial charge in [-0.2, -0.15) is 4.90 Å². The Kier molecular flexibility index (Phi) is 54.3. The monoisotopic (exact) mass is 2240 g/mol. The Morgan fingerprint density at radius 1 is 0.196 bits per heavy atom. The molecule has 21 aromatic rings. The SMILES string of the molecule is O.[F][Ni].[Ni+2].[Ni+3].[Ni+3].[Ni][Br].[Ni][I].[S-]c1ccccc1.[c-]1ccccc1-c1cccc(-c2[c-]cccc2)n1.[c-]1ccccc1-c1cccc(-c2[c-]cccc2)n1.[c-]1ccccc1-c1cccc(-c2[c-]cccc2)n1.[c-]1ccccc1-c1cccc(-c2[c-]cccc2)n1.[c-]1ccccc1-c1cccc(-c2[c-]cccc2)n1.[c-]1ccccc1-c1cccc(-c2[c-]cccc2)n1.c1ccc([CH-]c2ccccc2)cc1. The minimum absolute atomic E-state index is 0. The summed E-state index contributed by atoms with van der Waals surface area (Å²) in [6.45, 7) is 0. The molecule has 0 aliphatic rings. The van der Waals surface area contributed by atoms with Crippen LogP contribution in [0.25, 0.3) is 135 Å². The van der Waals surface area contributed by atoms with Crippen LogP contribution in [0.4, 0.5) is 3.61 Å². The van der Waals surface area contributed by atoms with E-state index >= 15 is 0 Å². The van der Waals surface area contributed by atoms with E-state index in [4.69, 9.17) is 16.2 Å². The maximum atomic E-state index is 9.12. The van der Waals surface area contributed by atoms with Crippen LogP contribution in [0, 0.1) is 79.2 Å². The number of hydrogen-bond acceptors (Lipinski definition) is 7. The minimum atomic E-state index is 0. The van der Waals surface area contributed by atoms with Gasteiger partial charge in [0.25, 0.3) is 0 Å².